The molecule has 0 aliphatic rings. The Hall–Kier alpha value is -1.16. The fourth-order valence-corrected chi connectivity index (χ4v) is 3.86. The van der Waals surface area contributed by atoms with Crippen molar-refractivity contribution in [3.63, 3.8) is 0 Å². The van der Waals surface area contributed by atoms with Crippen LogP contribution >= 0.6 is 11.3 Å². The molecule has 18 heavy (non-hydrogen) atoms. The van der Waals surface area contributed by atoms with E-state index in [4.69, 9.17) is 5.84 Å². The number of hydrogen-bond donors (Lipinski definition) is 2. The van der Waals surface area contributed by atoms with Gasteiger partial charge in [0, 0.05) is 24.7 Å². The third kappa shape index (κ3) is 1.88. The highest BCUT2D eigenvalue weighted by atomic mass is 32.2. The van der Waals surface area contributed by atoms with E-state index in [-0.39, 0.29) is 16.9 Å². The minimum atomic E-state index is -3.64. The lowest BCUT2D eigenvalue weighted by atomic mass is 10.4. The van der Waals surface area contributed by atoms with Crippen molar-refractivity contribution in [3.8, 4) is 0 Å². The van der Waals surface area contributed by atoms with Gasteiger partial charge in [0.25, 0.3) is 10.0 Å². The van der Waals surface area contributed by atoms with Gasteiger partial charge in [-0.1, -0.05) is 0 Å². The highest BCUT2D eigenvalue weighted by Crippen LogP contribution is 2.27. The summed E-state index contributed by atoms with van der Waals surface area (Å²) in [6.07, 6.45) is 1.66. The fourth-order valence-electron chi connectivity index (χ4n) is 1.52. The second-order valence-corrected chi connectivity index (χ2v) is 6.87. The van der Waals surface area contributed by atoms with Gasteiger partial charge in [-0.2, -0.15) is 9.29 Å². The molecular formula is C9H15N5O2S2. The van der Waals surface area contributed by atoms with E-state index >= 15 is 0 Å². The number of imidazole rings is 1. The molecule has 0 saturated carbocycles. The molecule has 0 saturated heterocycles. The van der Waals surface area contributed by atoms with Crippen molar-refractivity contribution in [2.45, 2.75) is 24.9 Å². The van der Waals surface area contributed by atoms with Crippen LogP contribution in [0.4, 0.5) is 5.82 Å². The number of nitrogens with zero attached hydrogens (tertiary/aromatic N) is 3. The molecule has 2 heterocycles. The lowest BCUT2D eigenvalue weighted by Crippen LogP contribution is -2.34. The van der Waals surface area contributed by atoms with E-state index in [1.807, 2.05) is 0 Å². The summed E-state index contributed by atoms with van der Waals surface area (Å²) in [7, 11) is -2.10. The molecule has 0 unspecified atom stereocenters. The average Bonchev–Trinajstić information content (AvgIpc) is 2.85. The van der Waals surface area contributed by atoms with Crippen molar-refractivity contribution in [1.82, 2.24) is 13.7 Å². The van der Waals surface area contributed by atoms with E-state index in [0.717, 1.165) is 0 Å². The van der Waals surface area contributed by atoms with Crippen molar-refractivity contribution < 1.29 is 8.42 Å². The van der Waals surface area contributed by atoms with Crippen LogP contribution in [0, 0.1) is 0 Å². The standard InChI is InChI=1S/C9H15N5O2S2/c1-6(2)13(3)18(15,16)8-7(12-10)11-9-14(8)4-5-17-9/h4-6,12H,10H2,1-3H3. The lowest BCUT2D eigenvalue weighted by Gasteiger charge is -2.20. The smallest absolute Gasteiger partial charge is 0.262 e. The van der Waals surface area contributed by atoms with Gasteiger partial charge in [-0.25, -0.2) is 14.3 Å². The minimum absolute atomic E-state index is 0.0671. The average molecular weight is 289 g/mol. The molecule has 7 nitrogen and oxygen atoms in total. The molecule has 2 aromatic rings. The molecule has 0 fully saturated rings. The number of aromatic nitrogens is 2. The van der Waals surface area contributed by atoms with Crippen LogP contribution in [-0.2, 0) is 10.0 Å². The molecule has 0 amide bonds. The molecule has 0 spiro atoms. The summed E-state index contributed by atoms with van der Waals surface area (Å²) in [5.41, 5.74) is 2.34. The first-order valence-electron chi connectivity index (χ1n) is 5.29. The molecule has 0 aromatic carbocycles. The Balaban J connectivity index is 2.69. The Morgan fingerprint density at radius 1 is 1.56 bits per heavy atom. The van der Waals surface area contributed by atoms with E-state index in [9.17, 15) is 8.42 Å². The third-order valence-electron chi connectivity index (χ3n) is 2.71. The van der Waals surface area contributed by atoms with Gasteiger partial charge < -0.3 is 5.43 Å². The lowest BCUT2D eigenvalue weighted by molar-refractivity contribution is 0.408. The molecule has 0 aliphatic heterocycles. The molecule has 100 valence electrons. The van der Waals surface area contributed by atoms with Crippen LogP contribution in [0.15, 0.2) is 16.6 Å². The zero-order valence-corrected chi connectivity index (χ0v) is 11.9. The van der Waals surface area contributed by atoms with Crippen LogP contribution in [0.3, 0.4) is 0 Å². The van der Waals surface area contributed by atoms with Gasteiger partial charge in [-0.15, -0.1) is 11.3 Å². The number of nitrogens with two attached hydrogens (primary N) is 1. The summed E-state index contributed by atoms with van der Waals surface area (Å²) >= 11 is 1.35. The predicted octanol–water partition coefficient (Wildman–Crippen LogP) is 0.710. The van der Waals surface area contributed by atoms with E-state index < -0.39 is 10.0 Å². The predicted molar refractivity (Wildman–Crippen MR) is 71.0 cm³/mol. The van der Waals surface area contributed by atoms with E-state index in [2.05, 4.69) is 10.4 Å². The van der Waals surface area contributed by atoms with Crippen molar-refractivity contribution >= 4 is 32.1 Å². The Morgan fingerprint density at radius 3 is 2.78 bits per heavy atom. The maximum absolute atomic E-state index is 12.5. The molecule has 2 rings (SSSR count). The van der Waals surface area contributed by atoms with E-state index in [0.29, 0.717) is 4.96 Å². The van der Waals surface area contributed by atoms with Gasteiger partial charge in [0.15, 0.2) is 10.8 Å². The highest BCUT2D eigenvalue weighted by molar-refractivity contribution is 7.89. The number of sulfonamides is 1. The molecule has 0 radical (unpaired) electrons. The number of rotatable bonds is 4. The largest absolute Gasteiger partial charge is 0.306 e. The Kier molecular flexibility index (Phi) is 3.32. The number of anilines is 1. The zero-order valence-electron chi connectivity index (χ0n) is 10.3. The molecule has 2 aromatic heterocycles. The van der Waals surface area contributed by atoms with Gasteiger partial charge in [0.1, 0.15) is 0 Å². The van der Waals surface area contributed by atoms with Crippen molar-refractivity contribution in [2.75, 3.05) is 12.5 Å². The Labute approximate surface area is 109 Å². The van der Waals surface area contributed by atoms with Crippen LogP contribution in [0.1, 0.15) is 13.8 Å². The van der Waals surface area contributed by atoms with Crippen LogP contribution in [0.2, 0.25) is 0 Å². The maximum atomic E-state index is 12.5. The summed E-state index contributed by atoms with van der Waals surface area (Å²) in [4.78, 5) is 4.72. The Bertz CT molecular complexity index is 658. The maximum Gasteiger partial charge on any atom is 0.262 e. The summed E-state index contributed by atoms with van der Waals surface area (Å²) in [6.45, 7) is 3.61. The number of fused-ring (bicyclic) bond motifs is 1. The molecular weight excluding hydrogens is 274 g/mol. The van der Waals surface area contributed by atoms with E-state index in [1.165, 1.54) is 27.1 Å². The number of hydrogen-bond acceptors (Lipinski definition) is 6. The van der Waals surface area contributed by atoms with Crippen LogP contribution in [0.5, 0.6) is 0 Å². The van der Waals surface area contributed by atoms with Gasteiger partial charge in [-0.05, 0) is 13.8 Å². The van der Waals surface area contributed by atoms with Gasteiger partial charge in [0.05, 0.1) is 0 Å². The van der Waals surface area contributed by atoms with Gasteiger partial charge in [-0.3, -0.25) is 4.40 Å². The number of hydrazine groups is 1. The molecule has 0 bridgehead atoms. The first-order chi connectivity index (χ1) is 8.39. The van der Waals surface area contributed by atoms with Crippen molar-refractivity contribution in [3.05, 3.63) is 11.6 Å². The number of nitrogens with one attached hydrogen (secondary N) is 1. The van der Waals surface area contributed by atoms with Crippen LogP contribution in [0.25, 0.3) is 4.96 Å². The van der Waals surface area contributed by atoms with Gasteiger partial charge in [0.2, 0.25) is 5.03 Å². The van der Waals surface area contributed by atoms with Crippen molar-refractivity contribution in [1.29, 1.82) is 0 Å². The molecule has 0 atom stereocenters. The first kappa shape index (κ1) is 13.3. The summed E-state index contributed by atoms with van der Waals surface area (Å²) in [6, 6.07) is -0.148. The number of thiazole rings is 1. The van der Waals surface area contributed by atoms with Gasteiger partial charge >= 0.3 is 0 Å². The van der Waals surface area contributed by atoms with E-state index in [1.54, 1.807) is 25.4 Å². The highest BCUT2D eigenvalue weighted by Gasteiger charge is 2.30. The quantitative estimate of drug-likeness (QED) is 0.639. The van der Waals surface area contributed by atoms with Crippen LogP contribution in [-0.4, -0.2) is 35.2 Å². The molecule has 0 aliphatic carbocycles. The molecule has 9 heteroatoms. The summed E-state index contributed by atoms with van der Waals surface area (Å²) < 4.78 is 27.8. The van der Waals surface area contributed by atoms with Crippen LogP contribution < -0.4 is 11.3 Å². The number of nitrogen functional groups attached to an aromatic ring is 1. The second kappa shape index (κ2) is 4.50. The zero-order chi connectivity index (χ0) is 13.5. The Morgan fingerprint density at radius 2 is 2.22 bits per heavy atom. The van der Waals surface area contributed by atoms with Crippen molar-refractivity contribution in [2.24, 2.45) is 5.84 Å². The third-order valence-corrected chi connectivity index (χ3v) is 5.52. The fraction of sp³-hybridized carbons (Fsp3) is 0.444. The molecule has 3 N–H and O–H groups in total. The summed E-state index contributed by atoms with van der Waals surface area (Å²) in [5.74, 6) is 5.50. The second-order valence-electron chi connectivity index (χ2n) is 4.08. The SMILES string of the molecule is CC(C)N(C)S(=O)(=O)c1c(NN)nc2sccn12. The monoisotopic (exact) mass is 289 g/mol. The normalized spacial score (nSPS) is 12.8. The topological polar surface area (TPSA) is 92.7 Å². The summed E-state index contributed by atoms with van der Waals surface area (Å²) in [5, 5.41) is 1.84. The first-order valence-corrected chi connectivity index (χ1v) is 7.61. The minimum Gasteiger partial charge on any atom is -0.306 e.